The second-order valence-corrected chi connectivity index (χ2v) is 6.48. The Labute approximate surface area is 151 Å². The number of aliphatic hydroxyl groups excluding tert-OH is 1. The fourth-order valence-corrected chi connectivity index (χ4v) is 2.89. The third kappa shape index (κ3) is 5.91. The zero-order valence-electron chi connectivity index (χ0n) is 12.8. The second-order valence-electron chi connectivity index (χ2n) is 5.04. The number of nitrogens with one attached hydrogen (secondary N) is 1. The topological polar surface area (TPSA) is 62.2 Å². The standard InChI is InChI=1S/C16H14ClF3N2O2S/c17-12-6-11(16(18,19)20)7-21-15(12)22-14(24)9-25-8-13(23)10-4-2-1-3-5-10/h1-7,13,23H,8-9H2,(H,21,22,24). The van der Waals surface area contributed by atoms with Crippen molar-refractivity contribution >= 4 is 35.1 Å². The van der Waals surface area contributed by atoms with E-state index in [4.69, 9.17) is 11.6 Å². The molecule has 0 saturated heterocycles. The largest absolute Gasteiger partial charge is 0.417 e. The summed E-state index contributed by atoms with van der Waals surface area (Å²) in [5, 5.41) is 12.0. The van der Waals surface area contributed by atoms with E-state index < -0.39 is 23.8 Å². The summed E-state index contributed by atoms with van der Waals surface area (Å²) in [6.07, 6.45) is -4.66. The molecule has 0 bridgehead atoms. The summed E-state index contributed by atoms with van der Waals surface area (Å²) >= 11 is 6.90. The third-order valence-corrected chi connectivity index (χ3v) is 4.43. The van der Waals surface area contributed by atoms with Crippen LogP contribution in [-0.2, 0) is 11.0 Å². The molecule has 9 heteroatoms. The van der Waals surface area contributed by atoms with E-state index in [-0.39, 0.29) is 16.6 Å². The van der Waals surface area contributed by atoms with Crippen LogP contribution in [0.25, 0.3) is 0 Å². The van der Waals surface area contributed by atoms with Crippen LogP contribution in [-0.4, -0.2) is 27.5 Å². The fourth-order valence-electron chi connectivity index (χ4n) is 1.89. The highest BCUT2D eigenvalue weighted by Gasteiger charge is 2.31. The summed E-state index contributed by atoms with van der Waals surface area (Å²) in [4.78, 5) is 15.4. The highest BCUT2D eigenvalue weighted by atomic mass is 35.5. The molecular weight excluding hydrogens is 377 g/mol. The number of benzene rings is 1. The maximum Gasteiger partial charge on any atom is 0.417 e. The summed E-state index contributed by atoms with van der Waals surface area (Å²) in [7, 11) is 0. The van der Waals surface area contributed by atoms with Gasteiger partial charge in [-0.1, -0.05) is 41.9 Å². The predicted octanol–water partition coefficient (Wildman–Crippen LogP) is 4.16. The number of amides is 1. The number of carbonyl (C=O) groups is 1. The van der Waals surface area contributed by atoms with Crippen molar-refractivity contribution < 1.29 is 23.1 Å². The molecule has 2 N–H and O–H groups in total. The summed E-state index contributed by atoms with van der Waals surface area (Å²) in [5.74, 6) is -0.308. The molecule has 0 radical (unpaired) electrons. The Hall–Kier alpha value is -1.77. The van der Waals surface area contributed by atoms with Gasteiger partial charge in [-0.15, -0.1) is 11.8 Å². The van der Waals surface area contributed by atoms with Crippen LogP contribution in [0.5, 0.6) is 0 Å². The van der Waals surface area contributed by atoms with Gasteiger partial charge < -0.3 is 10.4 Å². The van der Waals surface area contributed by atoms with Crippen molar-refractivity contribution in [3.63, 3.8) is 0 Å². The van der Waals surface area contributed by atoms with Crippen LogP contribution >= 0.6 is 23.4 Å². The van der Waals surface area contributed by atoms with Gasteiger partial charge in [0.1, 0.15) is 0 Å². The maximum absolute atomic E-state index is 12.5. The minimum atomic E-state index is -4.55. The average Bonchev–Trinajstić information content (AvgIpc) is 2.56. The molecule has 134 valence electrons. The van der Waals surface area contributed by atoms with Gasteiger partial charge in [-0.05, 0) is 11.6 Å². The minimum absolute atomic E-state index is 0.00290. The normalized spacial score (nSPS) is 12.7. The van der Waals surface area contributed by atoms with E-state index in [1.54, 1.807) is 24.3 Å². The van der Waals surface area contributed by atoms with Crippen molar-refractivity contribution in [1.29, 1.82) is 0 Å². The molecule has 1 amide bonds. The van der Waals surface area contributed by atoms with Gasteiger partial charge in [0.2, 0.25) is 5.91 Å². The minimum Gasteiger partial charge on any atom is -0.388 e. The lowest BCUT2D eigenvalue weighted by Gasteiger charge is -2.11. The Bertz CT molecular complexity index is 729. The number of rotatable bonds is 6. The zero-order valence-corrected chi connectivity index (χ0v) is 14.3. The molecule has 1 aromatic carbocycles. The first kappa shape index (κ1) is 19.6. The molecule has 2 rings (SSSR count). The molecule has 0 fully saturated rings. The maximum atomic E-state index is 12.5. The van der Waals surface area contributed by atoms with Gasteiger partial charge in [0.05, 0.1) is 22.4 Å². The van der Waals surface area contributed by atoms with Gasteiger partial charge >= 0.3 is 6.18 Å². The Morgan fingerprint density at radius 1 is 1.32 bits per heavy atom. The van der Waals surface area contributed by atoms with Crippen LogP contribution in [0.3, 0.4) is 0 Å². The van der Waals surface area contributed by atoms with Gasteiger partial charge in [0.25, 0.3) is 0 Å². The molecule has 1 unspecified atom stereocenters. The molecule has 2 aromatic rings. The number of hydrogen-bond donors (Lipinski definition) is 2. The molecule has 1 aromatic heterocycles. The van der Waals surface area contributed by atoms with Crippen molar-refractivity contribution in [2.75, 3.05) is 16.8 Å². The zero-order chi connectivity index (χ0) is 18.4. The Balaban J connectivity index is 1.84. The van der Waals surface area contributed by atoms with E-state index in [2.05, 4.69) is 10.3 Å². The first-order valence-corrected chi connectivity index (χ1v) is 8.64. The lowest BCUT2D eigenvalue weighted by molar-refractivity contribution is -0.137. The van der Waals surface area contributed by atoms with Crippen LogP contribution in [0, 0.1) is 0 Å². The van der Waals surface area contributed by atoms with Crippen LogP contribution in [0.2, 0.25) is 5.02 Å². The molecule has 0 spiro atoms. The van der Waals surface area contributed by atoms with Crippen molar-refractivity contribution in [2.24, 2.45) is 0 Å². The van der Waals surface area contributed by atoms with Gasteiger partial charge in [-0.2, -0.15) is 13.2 Å². The molecule has 4 nitrogen and oxygen atoms in total. The van der Waals surface area contributed by atoms with Crippen molar-refractivity contribution in [3.05, 3.63) is 58.7 Å². The number of hydrogen-bond acceptors (Lipinski definition) is 4. The fraction of sp³-hybridized carbons (Fsp3) is 0.250. The summed E-state index contributed by atoms with van der Waals surface area (Å²) in [5.41, 5.74) is -0.251. The van der Waals surface area contributed by atoms with Crippen molar-refractivity contribution in [2.45, 2.75) is 12.3 Å². The number of pyridine rings is 1. The van der Waals surface area contributed by atoms with Crippen molar-refractivity contribution in [1.82, 2.24) is 4.98 Å². The SMILES string of the molecule is O=C(CSCC(O)c1ccccc1)Nc1ncc(C(F)(F)F)cc1Cl. The number of aromatic nitrogens is 1. The number of thioether (sulfide) groups is 1. The quantitative estimate of drug-likeness (QED) is 0.777. The Kier molecular flexibility index (Phi) is 6.69. The lowest BCUT2D eigenvalue weighted by Crippen LogP contribution is -2.17. The van der Waals surface area contributed by atoms with Crippen molar-refractivity contribution in [3.8, 4) is 0 Å². The molecule has 0 aliphatic heterocycles. The average molecular weight is 391 g/mol. The molecule has 0 saturated carbocycles. The Morgan fingerprint density at radius 2 is 2.00 bits per heavy atom. The summed E-state index contributed by atoms with van der Waals surface area (Å²) in [6, 6.07) is 9.69. The van der Waals surface area contributed by atoms with E-state index in [0.29, 0.717) is 18.0 Å². The number of anilines is 1. The van der Waals surface area contributed by atoms with Gasteiger partial charge in [-0.3, -0.25) is 4.79 Å². The molecule has 25 heavy (non-hydrogen) atoms. The molecular formula is C16H14ClF3N2O2S. The van der Waals surface area contributed by atoms with E-state index in [9.17, 15) is 23.1 Å². The van der Waals surface area contributed by atoms with Crippen LogP contribution in [0.4, 0.5) is 19.0 Å². The highest BCUT2D eigenvalue weighted by Crippen LogP contribution is 2.32. The number of aliphatic hydroxyl groups is 1. The van der Waals surface area contributed by atoms with Crippen LogP contribution in [0.15, 0.2) is 42.6 Å². The highest BCUT2D eigenvalue weighted by molar-refractivity contribution is 7.99. The first-order chi connectivity index (χ1) is 11.8. The monoisotopic (exact) mass is 390 g/mol. The lowest BCUT2D eigenvalue weighted by atomic mass is 10.1. The molecule has 1 atom stereocenters. The number of halogens is 4. The van der Waals surface area contributed by atoms with Gasteiger partial charge in [0.15, 0.2) is 5.82 Å². The Morgan fingerprint density at radius 3 is 2.60 bits per heavy atom. The third-order valence-electron chi connectivity index (χ3n) is 3.12. The van der Waals surface area contributed by atoms with E-state index in [1.807, 2.05) is 6.07 Å². The summed E-state index contributed by atoms with van der Waals surface area (Å²) in [6.45, 7) is 0. The number of carbonyl (C=O) groups excluding carboxylic acids is 1. The van der Waals surface area contributed by atoms with Crippen LogP contribution in [0.1, 0.15) is 17.2 Å². The van der Waals surface area contributed by atoms with E-state index in [0.717, 1.165) is 5.56 Å². The predicted molar refractivity (Wildman–Crippen MR) is 91.6 cm³/mol. The van der Waals surface area contributed by atoms with Gasteiger partial charge in [0, 0.05) is 11.9 Å². The number of alkyl halides is 3. The number of nitrogens with zero attached hydrogens (tertiary/aromatic N) is 1. The molecule has 0 aliphatic carbocycles. The smallest absolute Gasteiger partial charge is 0.388 e. The van der Waals surface area contributed by atoms with Crippen LogP contribution < -0.4 is 5.32 Å². The molecule has 1 heterocycles. The first-order valence-electron chi connectivity index (χ1n) is 7.10. The van der Waals surface area contributed by atoms with E-state index in [1.165, 1.54) is 11.8 Å². The van der Waals surface area contributed by atoms with Gasteiger partial charge in [-0.25, -0.2) is 4.98 Å². The second kappa shape index (κ2) is 8.55. The summed E-state index contributed by atoms with van der Waals surface area (Å²) < 4.78 is 37.6. The molecule has 0 aliphatic rings. The van der Waals surface area contributed by atoms with E-state index >= 15 is 0 Å².